The van der Waals surface area contributed by atoms with E-state index in [2.05, 4.69) is 0 Å². The van der Waals surface area contributed by atoms with Gasteiger partial charge in [-0.3, -0.25) is 4.79 Å². The molecule has 0 aliphatic heterocycles. The molecule has 0 aliphatic carbocycles. The molecule has 1 aromatic rings. The van der Waals surface area contributed by atoms with E-state index in [1.165, 1.54) is 0 Å². The largest absolute Gasteiger partial charge is 0.326 e. The maximum atomic E-state index is 12.3. The van der Waals surface area contributed by atoms with Crippen molar-refractivity contribution >= 4 is 11.6 Å². The number of hydrogen-bond donors (Lipinski definition) is 2. The Labute approximate surface area is 77.5 Å². The Hall–Kier alpha value is -0.940. The third kappa shape index (κ3) is 2.05. The van der Waals surface area contributed by atoms with E-state index in [4.69, 9.17) is 17.3 Å². The molecule has 0 atom stereocenters. The molecule has 0 bridgehead atoms. The van der Waals surface area contributed by atoms with Crippen LogP contribution in [0.25, 0.3) is 0 Å². The molecule has 1 heterocycles. The van der Waals surface area contributed by atoms with Crippen molar-refractivity contribution in [3.05, 3.63) is 32.7 Å². The summed E-state index contributed by atoms with van der Waals surface area (Å²) < 4.78 is 24.6. The molecule has 1 aromatic heterocycles. The van der Waals surface area contributed by atoms with Crippen molar-refractivity contribution in [2.24, 2.45) is 5.73 Å². The van der Waals surface area contributed by atoms with Gasteiger partial charge in [0.2, 0.25) is 5.56 Å². The molecule has 0 fully saturated rings. The third-order valence-corrected chi connectivity index (χ3v) is 1.89. The first-order valence-electron chi connectivity index (χ1n) is 3.46. The molecule has 0 amide bonds. The Morgan fingerprint density at radius 2 is 2.23 bits per heavy atom. The molecule has 6 heteroatoms. The van der Waals surface area contributed by atoms with Crippen LogP contribution in [-0.2, 0) is 6.54 Å². The van der Waals surface area contributed by atoms with Crippen LogP contribution in [0.15, 0.2) is 10.9 Å². The summed E-state index contributed by atoms with van der Waals surface area (Å²) in [6.07, 6.45) is -2.77. The summed E-state index contributed by atoms with van der Waals surface area (Å²) in [7, 11) is 0. The number of nitrogens with two attached hydrogens (primary N) is 1. The maximum Gasteiger partial charge on any atom is 0.278 e. The summed E-state index contributed by atoms with van der Waals surface area (Å²) in [5.41, 5.74) is 4.12. The second kappa shape index (κ2) is 3.85. The summed E-state index contributed by atoms with van der Waals surface area (Å²) >= 11 is 5.55. The van der Waals surface area contributed by atoms with Gasteiger partial charge in [0.15, 0.2) is 0 Å². The molecule has 72 valence electrons. The van der Waals surface area contributed by atoms with Gasteiger partial charge in [0, 0.05) is 18.2 Å². The molecular formula is C7H7ClF2N2O. The lowest BCUT2D eigenvalue weighted by atomic mass is 10.2. The van der Waals surface area contributed by atoms with Gasteiger partial charge in [-0.1, -0.05) is 11.6 Å². The van der Waals surface area contributed by atoms with Gasteiger partial charge in [0.05, 0.1) is 10.7 Å². The number of H-pyrrole nitrogens is 1. The van der Waals surface area contributed by atoms with Crippen molar-refractivity contribution < 1.29 is 8.78 Å². The molecule has 0 aliphatic rings. The summed E-state index contributed by atoms with van der Waals surface area (Å²) in [4.78, 5) is 12.8. The molecule has 0 saturated heterocycles. The number of nitrogens with one attached hydrogen (secondary N) is 1. The van der Waals surface area contributed by atoms with Crippen LogP contribution >= 0.6 is 11.6 Å². The summed E-state index contributed by atoms with van der Waals surface area (Å²) in [6, 6.07) is 1.02. The van der Waals surface area contributed by atoms with E-state index in [9.17, 15) is 13.6 Å². The van der Waals surface area contributed by atoms with Gasteiger partial charge in [0.25, 0.3) is 6.43 Å². The normalized spacial score (nSPS) is 10.8. The van der Waals surface area contributed by atoms with Gasteiger partial charge >= 0.3 is 0 Å². The fourth-order valence-electron chi connectivity index (χ4n) is 0.969. The highest BCUT2D eigenvalue weighted by Gasteiger charge is 2.15. The minimum atomic E-state index is -2.77. The van der Waals surface area contributed by atoms with Gasteiger partial charge < -0.3 is 10.7 Å². The average Bonchev–Trinajstić information content (AvgIpc) is 2.02. The lowest BCUT2D eigenvalue weighted by molar-refractivity contribution is 0.144. The summed E-state index contributed by atoms with van der Waals surface area (Å²) in [5.74, 6) is 0. The lowest BCUT2D eigenvalue weighted by Gasteiger charge is -2.07. The smallest absolute Gasteiger partial charge is 0.278 e. The van der Waals surface area contributed by atoms with Gasteiger partial charge in [-0.2, -0.15) is 0 Å². The van der Waals surface area contributed by atoms with E-state index < -0.39 is 17.7 Å². The van der Waals surface area contributed by atoms with Crippen molar-refractivity contribution in [3.8, 4) is 0 Å². The van der Waals surface area contributed by atoms with E-state index in [1.807, 2.05) is 4.98 Å². The molecule has 13 heavy (non-hydrogen) atoms. The van der Waals surface area contributed by atoms with Crippen LogP contribution in [0.1, 0.15) is 17.7 Å². The Bertz CT molecular complexity index is 364. The molecular weight excluding hydrogens is 202 g/mol. The minimum absolute atomic E-state index is 0.0263. The van der Waals surface area contributed by atoms with Crippen LogP contribution in [0, 0.1) is 0 Å². The van der Waals surface area contributed by atoms with Crippen LogP contribution in [-0.4, -0.2) is 4.98 Å². The van der Waals surface area contributed by atoms with E-state index in [0.717, 1.165) is 6.07 Å². The number of hydrogen-bond acceptors (Lipinski definition) is 2. The second-order valence-electron chi connectivity index (χ2n) is 2.38. The van der Waals surface area contributed by atoms with Crippen LogP contribution in [0.4, 0.5) is 8.78 Å². The second-order valence-corrected chi connectivity index (χ2v) is 2.79. The number of halogens is 3. The molecule has 3 nitrogen and oxygen atoms in total. The lowest BCUT2D eigenvalue weighted by Crippen LogP contribution is -2.14. The number of alkyl halides is 2. The highest BCUT2D eigenvalue weighted by atomic mass is 35.5. The minimum Gasteiger partial charge on any atom is -0.326 e. The van der Waals surface area contributed by atoms with Crippen molar-refractivity contribution in [1.29, 1.82) is 0 Å². The number of rotatable bonds is 2. The first-order valence-corrected chi connectivity index (χ1v) is 3.84. The van der Waals surface area contributed by atoms with Crippen molar-refractivity contribution in [2.45, 2.75) is 13.0 Å². The van der Waals surface area contributed by atoms with Crippen LogP contribution in [0.5, 0.6) is 0 Å². The Balaban J connectivity index is 3.38. The molecule has 0 aromatic carbocycles. The first-order chi connectivity index (χ1) is 6.06. The predicted octanol–water partition coefficient (Wildman–Crippen LogP) is 1.42. The number of aromatic amines is 1. The van der Waals surface area contributed by atoms with E-state index in [0.29, 0.717) is 0 Å². The molecule has 0 unspecified atom stereocenters. The topological polar surface area (TPSA) is 58.9 Å². The Kier molecular flexibility index (Phi) is 3.00. The van der Waals surface area contributed by atoms with Crippen molar-refractivity contribution in [2.75, 3.05) is 0 Å². The zero-order valence-corrected chi connectivity index (χ0v) is 7.24. The van der Waals surface area contributed by atoms with Crippen molar-refractivity contribution in [1.82, 2.24) is 4.98 Å². The number of pyridine rings is 1. The summed E-state index contributed by atoms with van der Waals surface area (Å²) in [6.45, 7) is -0.130. The molecule has 0 spiro atoms. The maximum absolute atomic E-state index is 12.3. The monoisotopic (exact) mass is 208 g/mol. The van der Waals surface area contributed by atoms with Crippen LogP contribution in [0.3, 0.4) is 0 Å². The first kappa shape index (κ1) is 10.1. The predicted molar refractivity (Wildman–Crippen MR) is 44.9 cm³/mol. The zero-order chi connectivity index (χ0) is 10.0. The highest BCUT2D eigenvalue weighted by Crippen LogP contribution is 2.24. The van der Waals surface area contributed by atoms with Gasteiger partial charge in [-0.25, -0.2) is 8.78 Å². The Morgan fingerprint density at radius 1 is 1.62 bits per heavy atom. The average molecular weight is 209 g/mol. The van der Waals surface area contributed by atoms with E-state index in [1.54, 1.807) is 0 Å². The van der Waals surface area contributed by atoms with Crippen LogP contribution < -0.4 is 11.3 Å². The highest BCUT2D eigenvalue weighted by molar-refractivity contribution is 6.31. The third-order valence-electron chi connectivity index (χ3n) is 1.55. The van der Waals surface area contributed by atoms with Crippen LogP contribution in [0.2, 0.25) is 5.02 Å². The van der Waals surface area contributed by atoms with Gasteiger partial charge in [-0.05, 0) is 0 Å². The fraction of sp³-hybridized carbons (Fsp3) is 0.286. The standard InChI is InChI=1S/C7H7ClF2N2O/c8-4-1-5(13)12-6(7(9)10)3(4)2-11/h1,7H,2,11H2,(H,12,13). The summed E-state index contributed by atoms with van der Waals surface area (Å²) in [5, 5.41) is -0.0263. The fourth-order valence-corrected chi connectivity index (χ4v) is 1.25. The SMILES string of the molecule is NCc1c(Cl)cc(=O)[nH]c1C(F)F. The van der Waals surface area contributed by atoms with Gasteiger partial charge in [0.1, 0.15) is 0 Å². The van der Waals surface area contributed by atoms with Crippen molar-refractivity contribution in [3.63, 3.8) is 0 Å². The Morgan fingerprint density at radius 3 is 2.69 bits per heavy atom. The zero-order valence-electron chi connectivity index (χ0n) is 6.48. The quantitative estimate of drug-likeness (QED) is 0.772. The van der Waals surface area contributed by atoms with Gasteiger partial charge in [-0.15, -0.1) is 0 Å². The molecule has 3 N–H and O–H groups in total. The molecule has 0 radical (unpaired) electrons. The van der Waals surface area contributed by atoms with E-state index in [-0.39, 0.29) is 17.1 Å². The number of aromatic nitrogens is 1. The molecule has 1 rings (SSSR count). The molecule has 0 saturated carbocycles. The van der Waals surface area contributed by atoms with E-state index >= 15 is 0 Å².